The maximum absolute atomic E-state index is 11.7. The van der Waals surface area contributed by atoms with Crippen molar-refractivity contribution in [1.82, 2.24) is 0 Å². The third kappa shape index (κ3) is 3.83. The molecule has 0 saturated carbocycles. The van der Waals surface area contributed by atoms with Crippen LogP contribution in [0, 0.1) is 0 Å². The number of rotatable bonds is 6. The molecule has 0 spiro atoms. The lowest BCUT2D eigenvalue weighted by molar-refractivity contribution is -0.107. The van der Waals surface area contributed by atoms with Crippen molar-refractivity contribution < 1.29 is 13.2 Å². The molecule has 3 nitrogen and oxygen atoms in total. The van der Waals surface area contributed by atoms with Crippen LogP contribution in [0.2, 0.25) is 0 Å². The van der Waals surface area contributed by atoms with Crippen molar-refractivity contribution in [2.75, 3.05) is 5.75 Å². The van der Waals surface area contributed by atoms with Gasteiger partial charge in [-0.05, 0) is 25.0 Å². The van der Waals surface area contributed by atoms with Crippen LogP contribution >= 0.6 is 0 Å². The molecule has 1 aromatic carbocycles. The summed E-state index contributed by atoms with van der Waals surface area (Å²) in [7, 11) is -3.16. The summed E-state index contributed by atoms with van der Waals surface area (Å²) < 4.78 is 23.4. The summed E-state index contributed by atoms with van der Waals surface area (Å²) in [6, 6.07) is 8.38. The van der Waals surface area contributed by atoms with E-state index < -0.39 is 9.84 Å². The van der Waals surface area contributed by atoms with Gasteiger partial charge in [-0.3, -0.25) is 0 Å². The Hall–Kier alpha value is -1.16. The Kier molecular flexibility index (Phi) is 4.49. The molecule has 0 aromatic heterocycles. The molecular formula is C11H14O3S. The lowest BCUT2D eigenvalue weighted by Crippen LogP contribution is -2.06. The van der Waals surface area contributed by atoms with Crippen LogP contribution in [0.5, 0.6) is 0 Å². The van der Waals surface area contributed by atoms with Crippen LogP contribution in [0.4, 0.5) is 0 Å². The molecule has 0 radical (unpaired) electrons. The van der Waals surface area contributed by atoms with Crippen LogP contribution < -0.4 is 0 Å². The normalized spacial score (nSPS) is 11.2. The molecule has 0 unspecified atom stereocenters. The minimum Gasteiger partial charge on any atom is -0.303 e. The van der Waals surface area contributed by atoms with E-state index in [0.717, 1.165) is 6.29 Å². The van der Waals surface area contributed by atoms with Gasteiger partial charge in [-0.15, -0.1) is 0 Å². The van der Waals surface area contributed by atoms with Gasteiger partial charge in [0.15, 0.2) is 9.84 Å². The van der Waals surface area contributed by atoms with Crippen molar-refractivity contribution in [2.45, 2.75) is 24.2 Å². The fourth-order valence-corrected chi connectivity index (χ4v) is 2.66. The Labute approximate surface area is 90.0 Å². The standard InChI is InChI=1S/C11H14O3S/c12-9-5-2-6-10-15(13,14)11-7-3-1-4-8-11/h1,3-4,7-9H,2,5-6,10H2. The van der Waals surface area contributed by atoms with Gasteiger partial charge in [-0.25, -0.2) is 8.42 Å². The van der Waals surface area contributed by atoms with Gasteiger partial charge in [0, 0.05) is 6.42 Å². The smallest absolute Gasteiger partial charge is 0.178 e. The fourth-order valence-electron chi connectivity index (χ4n) is 1.27. The zero-order valence-electron chi connectivity index (χ0n) is 8.43. The molecule has 0 heterocycles. The molecular weight excluding hydrogens is 212 g/mol. The van der Waals surface area contributed by atoms with Gasteiger partial charge < -0.3 is 4.79 Å². The first kappa shape index (κ1) is 11.9. The molecule has 0 aliphatic carbocycles. The molecule has 0 fully saturated rings. The van der Waals surface area contributed by atoms with Gasteiger partial charge in [-0.2, -0.15) is 0 Å². The van der Waals surface area contributed by atoms with Crippen molar-refractivity contribution in [3.8, 4) is 0 Å². The molecule has 0 amide bonds. The highest BCUT2D eigenvalue weighted by molar-refractivity contribution is 7.91. The molecule has 4 heteroatoms. The highest BCUT2D eigenvalue weighted by atomic mass is 32.2. The molecule has 1 aromatic rings. The number of aldehydes is 1. The van der Waals surface area contributed by atoms with E-state index in [2.05, 4.69) is 0 Å². The Morgan fingerprint density at radius 2 is 1.73 bits per heavy atom. The zero-order chi connectivity index (χ0) is 11.1. The molecule has 0 saturated heterocycles. The Balaban J connectivity index is 2.57. The Bertz CT molecular complexity index is 395. The second-order valence-electron chi connectivity index (χ2n) is 3.29. The molecule has 0 aliphatic heterocycles. The highest BCUT2D eigenvalue weighted by Crippen LogP contribution is 2.12. The second-order valence-corrected chi connectivity index (χ2v) is 5.40. The van der Waals surface area contributed by atoms with Crippen LogP contribution in [0.15, 0.2) is 35.2 Å². The average molecular weight is 226 g/mol. The van der Waals surface area contributed by atoms with Crippen LogP contribution in [0.3, 0.4) is 0 Å². The number of carbonyl (C=O) groups is 1. The van der Waals surface area contributed by atoms with Gasteiger partial charge in [0.05, 0.1) is 10.6 Å². The summed E-state index contributed by atoms with van der Waals surface area (Å²) in [6.45, 7) is 0. The first-order chi connectivity index (χ1) is 7.17. The largest absolute Gasteiger partial charge is 0.303 e. The van der Waals surface area contributed by atoms with E-state index in [1.807, 2.05) is 0 Å². The number of unbranched alkanes of at least 4 members (excludes halogenated alkanes) is 2. The summed E-state index contributed by atoms with van der Waals surface area (Å²) in [4.78, 5) is 10.4. The average Bonchev–Trinajstić information content (AvgIpc) is 2.26. The van der Waals surface area contributed by atoms with E-state index in [1.165, 1.54) is 0 Å². The molecule has 0 N–H and O–H groups in total. The third-order valence-electron chi connectivity index (χ3n) is 2.09. The summed E-state index contributed by atoms with van der Waals surface area (Å²) in [5.41, 5.74) is 0. The van der Waals surface area contributed by atoms with Gasteiger partial charge >= 0.3 is 0 Å². The number of benzene rings is 1. The molecule has 0 atom stereocenters. The predicted octanol–water partition coefficient (Wildman–Crippen LogP) is 1.83. The SMILES string of the molecule is O=CCCCCS(=O)(=O)c1ccccc1. The number of carbonyl (C=O) groups excluding carboxylic acids is 1. The Morgan fingerprint density at radius 1 is 1.07 bits per heavy atom. The van der Waals surface area contributed by atoms with Crippen molar-refractivity contribution in [1.29, 1.82) is 0 Å². The molecule has 15 heavy (non-hydrogen) atoms. The van der Waals surface area contributed by atoms with E-state index in [1.54, 1.807) is 30.3 Å². The lowest BCUT2D eigenvalue weighted by Gasteiger charge is -2.02. The van der Waals surface area contributed by atoms with E-state index >= 15 is 0 Å². The summed E-state index contributed by atoms with van der Waals surface area (Å²) in [5.74, 6) is 0.116. The third-order valence-corrected chi connectivity index (χ3v) is 3.90. The number of sulfone groups is 1. The molecule has 82 valence electrons. The molecule has 0 bridgehead atoms. The van der Waals surface area contributed by atoms with Crippen molar-refractivity contribution in [3.63, 3.8) is 0 Å². The van der Waals surface area contributed by atoms with Crippen molar-refractivity contribution in [3.05, 3.63) is 30.3 Å². The molecule has 1 rings (SSSR count). The maximum Gasteiger partial charge on any atom is 0.178 e. The Morgan fingerprint density at radius 3 is 2.33 bits per heavy atom. The van der Waals surface area contributed by atoms with Gasteiger partial charge in [0.25, 0.3) is 0 Å². The number of hydrogen-bond donors (Lipinski definition) is 0. The monoisotopic (exact) mass is 226 g/mol. The second kappa shape index (κ2) is 5.66. The van der Waals surface area contributed by atoms with E-state index in [9.17, 15) is 13.2 Å². The molecule has 0 aliphatic rings. The fraction of sp³-hybridized carbons (Fsp3) is 0.364. The van der Waals surface area contributed by atoms with Crippen molar-refractivity contribution in [2.24, 2.45) is 0 Å². The summed E-state index contributed by atoms with van der Waals surface area (Å²) in [5, 5.41) is 0. The first-order valence-corrected chi connectivity index (χ1v) is 6.53. The lowest BCUT2D eigenvalue weighted by atomic mass is 10.3. The van der Waals surface area contributed by atoms with E-state index in [4.69, 9.17) is 0 Å². The van der Waals surface area contributed by atoms with Gasteiger partial charge in [0.1, 0.15) is 6.29 Å². The quantitative estimate of drug-likeness (QED) is 0.549. The van der Waals surface area contributed by atoms with Crippen molar-refractivity contribution >= 4 is 16.1 Å². The van der Waals surface area contributed by atoms with Crippen LogP contribution in [-0.4, -0.2) is 20.5 Å². The number of hydrogen-bond acceptors (Lipinski definition) is 3. The van der Waals surface area contributed by atoms with E-state index in [-0.39, 0.29) is 5.75 Å². The highest BCUT2D eigenvalue weighted by Gasteiger charge is 2.12. The van der Waals surface area contributed by atoms with Gasteiger partial charge in [0.2, 0.25) is 0 Å². The summed E-state index contributed by atoms with van der Waals surface area (Å²) in [6.07, 6.45) is 2.42. The predicted molar refractivity (Wildman–Crippen MR) is 58.4 cm³/mol. The van der Waals surface area contributed by atoms with Crippen LogP contribution in [0.1, 0.15) is 19.3 Å². The van der Waals surface area contributed by atoms with E-state index in [0.29, 0.717) is 24.2 Å². The first-order valence-electron chi connectivity index (χ1n) is 4.88. The minimum atomic E-state index is -3.16. The van der Waals surface area contributed by atoms with Crippen LogP contribution in [0.25, 0.3) is 0 Å². The topological polar surface area (TPSA) is 51.2 Å². The summed E-state index contributed by atoms with van der Waals surface area (Å²) >= 11 is 0. The zero-order valence-corrected chi connectivity index (χ0v) is 9.24. The maximum atomic E-state index is 11.7. The van der Waals surface area contributed by atoms with Gasteiger partial charge in [-0.1, -0.05) is 18.2 Å². The minimum absolute atomic E-state index is 0.116. The van der Waals surface area contributed by atoms with Crippen LogP contribution in [-0.2, 0) is 14.6 Å².